The van der Waals surface area contributed by atoms with Crippen LogP contribution in [-0.2, 0) is 7.05 Å². The first-order chi connectivity index (χ1) is 9.74. The molecule has 0 aliphatic rings. The van der Waals surface area contributed by atoms with Crippen molar-refractivity contribution in [3.05, 3.63) is 60.6 Å². The Bertz CT molecular complexity index is 762. The van der Waals surface area contributed by atoms with Crippen LogP contribution in [0.4, 0.5) is 0 Å². The molecule has 0 bridgehead atoms. The van der Waals surface area contributed by atoms with Gasteiger partial charge < -0.3 is 9.30 Å². The molecule has 0 saturated carbocycles. The van der Waals surface area contributed by atoms with Crippen LogP contribution < -0.4 is 4.74 Å². The molecule has 0 unspecified atom stereocenters. The molecule has 100 valence electrons. The van der Waals surface area contributed by atoms with Gasteiger partial charge in [-0.1, -0.05) is 6.07 Å². The van der Waals surface area contributed by atoms with Crippen LogP contribution in [0.15, 0.2) is 54.9 Å². The van der Waals surface area contributed by atoms with Crippen LogP contribution in [0.5, 0.6) is 5.75 Å². The van der Waals surface area contributed by atoms with Crippen molar-refractivity contribution in [1.82, 2.24) is 9.55 Å². The number of hydrogen-bond donors (Lipinski definition) is 0. The number of ether oxygens (including phenoxy) is 1. The van der Waals surface area contributed by atoms with Gasteiger partial charge in [0.2, 0.25) is 5.78 Å². The summed E-state index contributed by atoms with van der Waals surface area (Å²) in [6.07, 6.45) is 3.58. The predicted octanol–water partition coefficient (Wildman–Crippen LogP) is 2.84. The molecule has 0 amide bonds. The molecule has 0 saturated heterocycles. The highest BCUT2D eigenvalue weighted by Crippen LogP contribution is 2.18. The van der Waals surface area contributed by atoms with Crippen LogP contribution in [0.2, 0.25) is 0 Å². The number of carbonyl (C=O) groups excluding carboxylic acids is 1. The highest BCUT2D eigenvalue weighted by atomic mass is 16.5. The topological polar surface area (TPSA) is 44.1 Å². The number of benzene rings is 1. The van der Waals surface area contributed by atoms with Crippen LogP contribution in [0.1, 0.15) is 10.5 Å². The molecular formula is C16H14N2O2. The number of aryl methyl sites for hydroxylation is 1. The summed E-state index contributed by atoms with van der Waals surface area (Å²) >= 11 is 0. The van der Waals surface area contributed by atoms with Gasteiger partial charge in [-0.15, -0.1) is 0 Å². The first kappa shape index (κ1) is 12.4. The fraction of sp³-hybridized carbons (Fsp3) is 0.125. The summed E-state index contributed by atoms with van der Waals surface area (Å²) in [5.74, 6) is 0.609. The zero-order valence-corrected chi connectivity index (χ0v) is 11.1. The Kier molecular flexibility index (Phi) is 3.21. The van der Waals surface area contributed by atoms with Crippen molar-refractivity contribution >= 4 is 16.7 Å². The summed E-state index contributed by atoms with van der Waals surface area (Å²) in [4.78, 5) is 16.3. The third-order valence-electron chi connectivity index (χ3n) is 3.18. The van der Waals surface area contributed by atoms with Gasteiger partial charge >= 0.3 is 0 Å². The standard InChI is InChI=1S/C16H14N2O2/c1-18-9-3-5-15(18)16(19)11-20-13-7-6-12-4-2-8-17-14(12)10-13/h2-10H,11H2,1H3. The molecule has 0 N–H and O–H groups in total. The quantitative estimate of drug-likeness (QED) is 0.682. The average molecular weight is 266 g/mol. The van der Waals surface area contributed by atoms with E-state index in [0.29, 0.717) is 11.4 Å². The fourth-order valence-electron chi connectivity index (χ4n) is 2.11. The highest BCUT2D eigenvalue weighted by Gasteiger charge is 2.09. The van der Waals surface area contributed by atoms with E-state index in [1.54, 1.807) is 16.8 Å². The smallest absolute Gasteiger partial charge is 0.216 e. The van der Waals surface area contributed by atoms with E-state index >= 15 is 0 Å². The maximum absolute atomic E-state index is 12.0. The Balaban J connectivity index is 1.74. The molecule has 2 aromatic heterocycles. The lowest BCUT2D eigenvalue weighted by atomic mass is 10.2. The van der Waals surface area contributed by atoms with E-state index in [0.717, 1.165) is 10.9 Å². The van der Waals surface area contributed by atoms with E-state index in [9.17, 15) is 4.79 Å². The van der Waals surface area contributed by atoms with E-state index in [1.165, 1.54) is 0 Å². The molecular weight excluding hydrogens is 252 g/mol. The zero-order valence-electron chi connectivity index (χ0n) is 11.1. The number of aromatic nitrogens is 2. The number of fused-ring (bicyclic) bond motifs is 1. The van der Waals surface area contributed by atoms with Crippen LogP contribution >= 0.6 is 0 Å². The van der Waals surface area contributed by atoms with Crippen molar-refractivity contribution in [3.8, 4) is 5.75 Å². The largest absolute Gasteiger partial charge is 0.485 e. The maximum atomic E-state index is 12.0. The number of hydrogen-bond acceptors (Lipinski definition) is 3. The van der Waals surface area contributed by atoms with Crippen molar-refractivity contribution < 1.29 is 9.53 Å². The summed E-state index contributed by atoms with van der Waals surface area (Å²) in [7, 11) is 1.84. The van der Waals surface area contributed by atoms with Gasteiger partial charge in [-0.3, -0.25) is 9.78 Å². The van der Waals surface area contributed by atoms with Crippen molar-refractivity contribution in [2.24, 2.45) is 7.05 Å². The zero-order chi connectivity index (χ0) is 13.9. The lowest BCUT2D eigenvalue weighted by Crippen LogP contribution is -2.14. The van der Waals surface area contributed by atoms with E-state index < -0.39 is 0 Å². The normalized spacial score (nSPS) is 10.7. The number of pyridine rings is 1. The molecule has 20 heavy (non-hydrogen) atoms. The maximum Gasteiger partial charge on any atom is 0.216 e. The molecule has 0 radical (unpaired) electrons. The Labute approximate surface area is 116 Å². The molecule has 3 rings (SSSR count). The van der Waals surface area contributed by atoms with Crippen molar-refractivity contribution in [2.75, 3.05) is 6.61 Å². The van der Waals surface area contributed by atoms with Gasteiger partial charge in [0, 0.05) is 30.9 Å². The molecule has 0 atom stereocenters. The second-order valence-corrected chi connectivity index (χ2v) is 4.57. The minimum absolute atomic E-state index is 0.0240. The SMILES string of the molecule is Cn1cccc1C(=O)COc1ccc2cccnc2c1. The van der Waals surface area contributed by atoms with Crippen molar-refractivity contribution in [2.45, 2.75) is 0 Å². The summed E-state index contributed by atoms with van der Waals surface area (Å²) in [6.45, 7) is 0.0240. The summed E-state index contributed by atoms with van der Waals surface area (Å²) in [5.41, 5.74) is 1.50. The third kappa shape index (κ3) is 2.40. The van der Waals surface area contributed by atoms with Gasteiger partial charge in [0.25, 0.3) is 0 Å². The van der Waals surface area contributed by atoms with Gasteiger partial charge in [0.1, 0.15) is 5.75 Å². The van der Waals surface area contributed by atoms with Gasteiger partial charge in [-0.05, 0) is 30.3 Å². The first-order valence-corrected chi connectivity index (χ1v) is 6.36. The van der Waals surface area contributed by atoms with Crippen LogP contribution in [0, 0.1) is 0 Å². The minimum atomic E-state index is -0.0429. The monoisotopic (exact) mass is 266 g/mol. The molecule has 4 nitrogen and oxygen atoms in total. The van der Waals surface area contributed by atoms with Gasteiger partial charge in [0.15, 0.2) is 6.61 Å². The molecule has 2 heterocycles. The number of ketones is 1. The van der Waals surface area contributed by atoms with E-state index in [4.69, 9.17) is 4.74 Å². The summed E-state index contributed by atoms with van der Waals surface area (Å²) in [6, 6.07) is 13.1. The molecule has 0 spiro atoms. The Hall–Kier alpha value is -2.62. The second-order valence-electron chi connectivity index (χ2n) is 4.57. The summed E-state index contributed by atoms with van der Waals surface area (Å²) in [5, 5.41) is 1.05. The Morgan fingerprint density at radius 1 is 1.25 bits per heavy atom. The molecule has 1 aromatic carbocycles. The third-order valence-corrected chi connectivity index (χ3v) is 3.18. The Morgan fingerprint density at radius 3 is 2.95 bits per heavy atom. The molecule has 0 fully saturated rings. The molecule has 0 aliphatic heterocycles. The molecule has 3 aromatic rings. The van der Waals surface area contributed by atoms with Crippen molar-refractivity contribution in [1.29, 1.82) is 0 Å². The summed E-state index contributed by atoms with van der Waals surface area (Å²) < 4.78 is 7.34. The van der Waals surface area contributed by atoms with E-state index in [-0.39, 0.29) is 12.4 Å². The molecule has 4 heteroatoms. The number of carbonyl (C=O) groups is 1. The molecule has 0 aliphatic carbocycles. The van der Waals surface area contributed by atoms with Crippen LogP contribution in [0.25, 0.3) is 10.9 Å². The Morgan fingerprint density at radius 2 is 2.15 bits per heavy atom. The number of Topliss-reactive ketones (excluding diaryl/α,β-unsaturated/α-hetero) is 1. The van der Waals surface area contributed by atoms with Gasteiger partial charge in [-0.25, -0.2) is 0 Å². The first-order valence-electron chi connectivity index (χ1n) is 6.36. The number of nitrogens with zero attached hydrogens (tertiary/aromatic N) is 2. The van der Waals surface area contributed by atoms with E-state index in [2.05, 4.69) is 4.98 Å². The lowest BCUT2D eigenvalue weighted by Gasteiger charge is -2.07. The minimum Gasteiger partial charge on any atom is -0.485 e. The second kappa shape index (κ2) is 5.17. The van der Waals surface area contributed by atoms with Crippen molar-refractivity contribution in [3.63, 3.8) is 0 Å². The van der Waals surface area contributed by atoms with Crippen LogP contribution in [-0.4, -0.2) is 21.9 Å². The van der Waals surface area contributed by atoms with Crippen LogP contribution in [0.3, 0.4) is 0 Å². The average Bonchev–Trinajstić information content (AvgIpc) is 2.91. The van der Waals surface area contributed by atoms with Gasteiger partial charge in [-0.2, -0.15) is 0 Å². The highest BCUT2D eigenvalue weighted by molar-refractivity contribution is 5.95. The predicted molar refractivity (Wildman–Crippen MR) is 77.0 cm³/mol. The fourth-order valence-corrected chi connectivity index (χ4v) is 2.11. The number of rotatable bonds is 4. The van der Waals surface area contributed by atoms with Gasteiger partial charge in [0.05, 0.1) is 11.2 Å². The van der Waals surface area contributed by atoms with E-state index in [1.807, 2.05) is 49.6 Å². The lowest BCUT2D eigenvalue weighted by molar-refractivity contribution is 0.0913.